The number of carboxylic acid groups (broad SMARTS) is 1. The summed E-state index contributed by atoms with van der Waals surface area (Å²) in [6.45, 7) is 2.96. The molecule has 0 bridgehead atoms. The maximum absolute atomic E-state index is 12.5. The Labute approximate surface area is 181 Å². The van der Waals surface area contributed by atoms with Crippen molar-refractivity contribution in [3.8, 4) is 0 Å². The lowest BCUT2D eigenvalue weighted by Crippen LogP contribution is -2.47. The van der Waals surface area contributed by atoms with E-state index in [-0.39, 0.29) is 10.9 Å². The molecule has 1 aliphatic heterocycles. The maximum atomic E-state index is 12.5. The fraction of sp³-hybridized carbons (Fsp3) is 0.238. The van der Waals surface area contributed by atoms with Gasteiger partial charge in [0.2, 0.25) is 5.43 Å². The van der Waals surface area contributed by atoms with Crippen molar-refractivity contribution in [3.63, 3.8) is 0 Å². The number of rotatable bonds is 3. The Morgan fingerprint density at radius 3 is 2.55 bits per heavy atom. The van der Waals surface area contributed by atoms with Crippen LogP contribution in [0.25, 0.3) is 21.3 Å². The number of nitrogens with zero attached hydrogens (tertiary/aromatic N) is 5. The molecule has 3 N–H and O–H groups in total. The van der Waals surface area contributed by atoms with Crippen LogP contribution in [0.15, 0.2) is 41.3 Å². The van der Waals surface area contributed by atoms with Crippen LogP contribution < -0.4 is 21.0 Å². The van der Waals surface area contributed by atoms with Gasteiger partial charge in [-0.15, -0.1) is 0 Å². The monoisotopic (exact) mass is 436 g/mol. The van der Waals surface area contributed by atoms with Crippen molar-refractivity contribution in [2.45, 2.75) is 0 Å². The molecule has 0 atom stereocenters. The molecule has 0 spiro atoms. The van der Waals surface area contributed by atoms with Gasteiger partial charge in [0.1, 0.15) is 11.2 Å². The lowest BCUT2D eigenvalue weighted by Gasteiger charge is -2.35. The van der Waals surface area contributed by atoms with Crippen LogP contribution in [0.1, 0.15) is 10.4 Å². The molecular formula is C21H20N6O3S. The van der Waals surface area contributed by atoms with Gasteiger partial charge in [0, 0.05) is 39.4 Å². The van der Waals surface area contributed by atoms with E-state index in [9.17, 15) is 14.7 Å². The number of hydrogen-bond acceptors (Lipinski definition) is 8. The van der Waals surface area contributed by atoms with E-state index in [1.54, 1.807) is 23.0 Å². The maximum Gasteiger partial charge on any atom is 0.341 e. The van der Waals surface area contributed by atoms with Crippen LogP contribution in [0.3, 0.4) is 0 Å². The van der Waals surface area contributed by atoms with Gasteiger partial charge in [0.25, 0.3) is 0 Å². The summed E-state index contributed by atoms with van der Waals surface area (Å²) in [4.78, 5) is 37.6. The zero-order valence-corrected chi connectivity index (χ0v) is 17.6. The van der Waals surface area contributed by atoms with Crippen LogP contribution in [-0.2, 0) is 7.05 Å². The van der Waals surface area contributed by atoms with Crippen molar-refractivity contribution in [1.82, 2.24) is 14.5 Å². The first kappa shape index (κ1) is 19.3. The summed E-state index contributed by atoms with van der Waals surface area (Å²) in [5, 5.41) is 10.5. The van der Waals surface area contributed by atoms with Gasteiger partial charge in [0.05, 0.1) is 21.3 Å². The Morgan fingerprint density at radius 2 is 1.84 bits per heavy atom. The number of aryl methyl sites for hydroxylation is 1. The standard InChI is InChI=1S/C21H20N6O3S/c1-25-11-13(20(29)30)17(28)12-10-14(22)19(24-18(12)25)26-6-8-27(9-7-26)21-23-15-4-2-3-5-16(15)31-21/h2-5,10-11H,6-9,22H2,1H3,(H,29,30). The van der Waals surface area contributed by atoms with E-state index in [0.717, 1.165) is 23.7 Å². The van der Waals surface area contributed by atoms with Gasteiger partial charge in [0.15, 0.2) is 10.9 Å². The first-order valence-electron chi connectivity index (χ1n) is 9.81. The molecule has 31 heavy (non-hydrogen) atoms. The molecule has 158 valence electrons. The number of hydrogen-bond donors (Lipinski definition) is 2. The smallest absolute Gasteiger partial charge is 0.341 e. The molecule has 1 aromatic carbocycles. The summed E-state index contributed by atoms with van der Waals surface area (Å²) in [7, 11) is 1.67. The van der Waals surface area contributed by atoms with E-state index in [1.165, 1.54) is 17.0 Å². The predicted molar refractivity (Wildman–Crippen MR) is 122 cm³/mol. The minimum absolute atomic E-state index is 0.205. The van der Waals surface area contributed by atoms with Gasteiger partial charge in [-0.25, -0.2) is 14.8 Å². The van der Waals surface area contributed by atoms with Crippen LogP contribution in [0, 0.1) is 0 Å². The van der Waals surface area contributed by atoms with E-state index in [1.807, 2.05) is 18.2 Å². The third kappa shape index (κ3) is 3.25. The van der Waals surface area contributed by atoms with E-state index >= 15 is 0 Å². The molecule has 0 saturated carbocycles. The number of carboxylic acids is 1. The highest BCUT2D eigenvalue weighted by molar-refractivity contribution is 7.22. The summed E-state index contributed by atoms with van der Waals surface area (Å²) in [6.07, 6.45) is 1.30. The van der Waals surface area contributed by atoms with Gasteiger partial charge in [-0.3, -0.25) is 4.79 Å². The van der Waals surface area contributed by atoms with Crippen LogP contribution in [0.2, 0.25) is 0 Å². The highest BCUT2D eigenvalue weighted by atomic mass is 32.1. The van der Waals surface area contributed by atoms with Gasteiger partial charge in [-0.2, -0.15) is 0 Å². The van der Waals surface area contributed by atoms with Gasteiger partial charge in [-0.05, 0) is 18.2 Å². The molecule has 3 aromatic heterocycles. The average molecular weight is 436 g/mol. The molecule has 0 radical (unpaired) electrons. The molecule has 1 saturated heterocycles. The van der Waals surface area contributed by atoms with Crippen molar-refractivity contribution in [3.05, 3.63) is 52.3 Å². The molecule has 9 nitrogen and oxygen atoms in total. The van der Waals surface area contributed by atoms with Crippen molar-refractivity contribution >= 4 is 55.2 Å². The number of thiazole rings is 1. The summed E-state index contributed by atoms with van der Waals surface area (Å²) in [5.41, 5.74) is 7.14. The van der Waals surface area contributed by atoms with Crippen LogP contribution in [-0.4, -0.2) is 51.8 Å². The summed E-state index contributed by atoms with van der Waals surface area (Å²) in [5.74, 6) is -0.661. The second kappa shape index (κ2) is 7.24. The number of fused-ring (bicyclic) bond motifs is 2. The third-order valence-electron chi connectivity index (χ3n) is 5.52. The Hall–Kier alpha value is -3.66. The van der Waals surface area contributed by atoms with E-state index in [2.05, 4.69) is 20.9 Å². The Bertz CT molecular complexity index is 1350. The number of aromatic nitrogens is 3. The van der Waals surface area contributed by atoms with E-state index in [4.69, 9.17) is 10.7 Å². The van der Waals surface area contributed by atoms with Gasteiger partial charge < -0.3 is 25.2 Å². The number of nitrogens with two attached hydrogens (primary N) is 1. The predicted octanol–water partition coefficient (Wildman–Crippen LogP) is 2.15. The minimum Gasteiger partial charge on any atom is -0.477 e. The number of nitrogen functional groups attached to an aromatic ring is 1. The van der Waals surface area contributed by atoms with E-state index in [0.29, 0.717) is 30.2 Å². The van der Waals surface area contributed by atoms with Crippen molar-refractivity contribution in [2.75, 3.05) is 41.7 Å². The Morgan fingerprint density at radius 1 is 1.13 bits per heavy atom. The van der Waals surface area contributed by atoms with E-state index < -0.39 is 11.4 Å². The Balaban J connectivity index is 1.43. The highest BCUT2D eigenvalue weighted by Crippen LogP contribution is 2.31. The van der Waals surface area contributed by atoms with Crippen LogP contribution in [0.5, 0.6) is 0 Å². The summed E-state index contributed by atoms with van der Waals surface area (Å²) in [6, 6.07) is 9.64. The largest absolute Gasteiger partial charge is 0.477 e. The topological polar surface area (TPSA) is 118 Å². The van der Waals surface area contributed by atoms with Crippen LogP contribution in [0.4, 0.5) is 16.6 Å². The zero-order valence-electron chi connectivity index (χ0n) is 16.8. The minimum atomic E-state index is -1.27. The van der Waals surface area contributed by atoms with Crippen molar-refractivity contribution < 1.29 is 9.90 Å². The Kier molecular flexibility index (Phi) is 4.51. The molecule has 4 aromatic rings. The lowest BCUT2D eigenvalue weighted by atomic mass is 10.1. The second-order valence-electron chi connectivity index (χ2n) is 7.50. The fourth-order valence-corrected chi connectivity index (χ4v) is 4.93. The average Bonchev–Trinajstić information content (AvgIpc) is 3.20. The number of aromatic carboxylic acids is 1. The first-order chi connectivity index (χ1) is 14.9. The van der Waals surface area contributed by atoms with Gasteiger partial charge in [-0.1, -0.05) is 23.5 Å². The molecule has 0 aliphatic carbocycles. The van der Waals surface area contributed by atoms with Crippen LogP contribution >= 0.6 is 11.3 Å². The van der Waals surface area contributed by atoms with Crippen molar-refractivity contribution in [1.29, 1.82) is 0 Å². The molecular weight excluding hydrogens is 416 g/mol. The van der Waals surface area contributed by atoms with Gasteiger partial charge >= 0.3 is 5.97 Å². The number of piperazine rings is 1. The molecule has 0 unspecified atom stereocenters. The molecule has 1 fully saturated rings. The third-order valence-corrected chi connectivity index (χ3v) is 6.62. The number of anilines is 3. The number of carbonyl (C=O) groups is 1. The first-order valence-corrected chi connectivity index (χ1v) is 10.6. The number of benzene rings is 1. The molecule has 0 amide bonds. The molecule has 10 heteroatoms. The zero-order chi connectivity index (χ0) is 21.7. The van der Waals surface area contributed by atoms with Crippen molar-refractivity contribution in [2.24, 2.45) is 7.05 Å². The number of para-hydroxylation sites is 1. The number of pyridine rings is 2. The second-order valence-corrected chi connectivity index (χ2v) is 8.51. The lowest BCUT2D eigenvalue weighted by molar-refractivity contribution is 0.0695. The fourth-order valence-electron chi connectivity index (χ4n) is 3.91. The molecule has 4 heterocycles. The molecule has 1 aliphatic rings. The molecule has 5 rings (SSSR count). The summed E-state index contributed by atoms with van der Waals surface area (Å²) >= 11 is 1.68. The normalized spacial score (nSPS) is 14.5. The highest BCUT2D eigenvalue weighted by Gasteiger charge is 2.24. The SMILES string of the molecule is Cn1cc(C(=O)O)c(=O)c2cc(N)c(N3CCN(c4nc5ccccc5s4)CC3)nc21. The quantitative estimate of drug-likeness (QED) is 0.502. The summed E-state index contributed by atoms with van der Waals surface area (Å²) < 4.78 is 2.72.